The fourth-order valence-electron chi connectivity index (χ4n) is 4.43. The van der Waals surface area contributed by atoms with Gasteiger partial charge in [0.2, 0.25) is 0 Å². The van der Waals surface area contributed by atoms with Gasteiger partial charge < -0.3 is 15.3 Å². The Kier molecular flexibility index (Phi) is 5.44. The second kappa shape index (κ2) is 6.70. The minimum absolute atomic E-state index is 0.190. The van der Waals surface area contributed by atoms with Crippen LogP contribution in [0.25, 0.3) is 0 Å². The summed E-state index contributed by atoms with van der Waals surface area (Å²) in [4.78, 5) is 0. The van der Waals surface area contributed by atoms with Crippen LogP contribution in [-0.4, -0.2) is 33.1 Å². The first kappa shape index (κ1) is 18.7. The summed E-state index contributed by atoms with van der Waals surface area (Å²) < 4.78 is 0. The zero-order valence-corrected chi connectivity index (χ0v) is 15.0. The summed E-state index contributed by atoms with van der Waals surface area (Å²) in [6, 6.07) is 0. The Bertz CT molecular complexity index is 462. The summed E-state index contributed by atoms with van der Waals surface area (Å²) in [7, 11) is 0. The fraction of sp³-hybridized carbons (Fsp3) is 0.800. The highest BCUT2D eigenvalue weighted by molar-refractivity contribution is 5.17. The molecule has 0 saturated heterocycles. The van der Waals surface area contributed by atoms with Crippen molar-refractivity contribution in [1.29, 1.82) is 0 Å². The van der Waals surface area contributed by atoms with E-state index in [9.17, 15) is 15.3 Å². The molecule has 0 unspecified atom stereocenters. The molecule has 3 N–H and O–H groups in total. The summed E-state index contributed by atoms with van der Waals surface area (Å²) in [6.07, 6.45) is 5.10. The van der Waals surface area contributed by atoms with E-state index in [1.54, 1.807) is 13.8 Å². The molecule has 2 aliphatic rings. The molecular formula is C20H34O3. The Morgan fingerprint density at radius 1 is 1.22 bits per heavy atom. The molecule has 0 spiro atoms. The van der Waals surface area contributed by atoms with E-state index in [1.165, 1.54) is 5.57 Å². The Morgan fingerprint density at radius 3 is 2.43 bits per heavy atom. The highest BCUT2D eigenvalue weighted by atomic mass is 16.3. The monoisotopic (exact) mass is 322 g/mol. The molecule has 0 aromatic carbocycles. The number of aliphatic hydroxyl groups is 3. The van der Waals surface area contributed by atoms with E-state index in [1.807, 2.05) is 0 Å². The standard InChI is InChI=1S/C20H34O3/c1-13-7-9-17(21)14(2)6-8-16-15(13)12-20(16,5)11-10-18(22)19(3,4)23/h15-18,21-23H,1-2,6-12H2,3-5H3/t15-,16-,17-,18-,20-/m1/s1. The van der Waals surface area contributed by atoms with Crippen LogP contribution >= 0.6 is 0 Å². The lowest BCUT2D eigenvalue weighted by Gasteiger charge is -2.55. The van der Waals surface area contributed by atoms with Crippen molar-refractivity contribution in [2.24, 2.45) is 17.3 Å². The van der Waals surface area contributed by atoms with Crippen LogP contribution < -0.4 is 0 Å². The predicted molar refractivity (Wildman–Crippen MR) is 94.0 cm³/mol. The van der Waals surface area contributed by atoms with Crippen molar-refractivity contribution in [3.8, 4) is 0 Å². The van der Waals surface area contributed by atoms with Crippen molar-refractivity contribution in [1.82, 2.24) is 0 Å². The van der Waals surface area contributed by atoms with E-state index >= 15 is 0 Å². The molecule has 2 rings (SSSR count). The number of rotatable bonds is 4. The number of hydrogen-bond acceptors (Lipinski definition) is 3. The lowest BCUT2D eigenvalue weighted by atomic mass is 9.49. The van der Waals surface area contributed by atoms with Gasteiger partial charge in [-0.3, -0.25) is 0 Å². The molecular weight excluding hydrogens is 288 g/mol. The summed E-state index contributed by atoms with van der Waals surface area (Å²) in [5, 5.41) is 30.2. The van der Waals surface area contributed by atoms with E-state index in [0.29, 0.717) is 18.3 Å². The second-order valence-corrected chi connectivity index (χ2v) is 8.69. The molecule has 2 saturated carbocycles. The first-order valence-corrected chi connectivity index (χ1v) is 8.98. The average Bonchev–Trinajstić information content (AvgIpc) is 2.49. The number of allylic oxidation sites excluding steroid dienone is 1. The van der Waals surface area contributed by atoms with Gasteiger partial charge in [-0.1, -0.05) is 25.7 Å². The van der Waals surface area contributed by atoms with Crippen LogP contribution in [0.3, 0.4) is 0 Å². The lowest BCUT2D eigenvalue weighted by Crippen LogP contribution is -2.48. The Morgan fingerprint density at radius 2 is 1.83 bits per heavy atom. The van der Waals surface area contributed by atoms with Crippen LogP contribution in [0, 0.1) is 17.3 Å². The maximum absolute atomic E-state index is 10.1. The van der Waals surface area contributed by atoms with Gasteiger partial charge >= 0.3 is 0 Å². The first-order valence-electron chi connectivity index (χ1n) is 8.98. The van der Waals surface area contributed by atoms with E-state index in [2.05, 4.69) is 20.1 Å². The first-order chi connectivity index (χ1) is 10.5. The molecule has 0 amide bonds. The maximum Gasteiger partial charge on any atom is 0.0849 e. The van der Waals surface area contributed by atoms with Crippen LogP contribution in [0.2, 0.25) is 0 Å². The van der Waals surface area contributed by atoms with Crippen LogP contribution in [0.5, 0.6) is 0 Å². The van der Waals surface area contributed by atoms with Gasteiger partial charge in [0.1, 0.15) is 0 Å². The van der Waals surface area contributed by atoms with Gasteiger partial charge in [0, 0.05) is 0 Å². The molecule has 3 heteroatoms. The van der Waals surface area contributed by atoms with Crippen molar-refractivity contribution in [2.45, 2.75) is 83.5 Å². The smallest absolute Gasteiger partial charge is 0.0849 e. The SMILES string of the molecule is C=C1CC[C@@H]2[C@H](C[C@@]2(C)CC[C@@H](O)C(C)(C)O)C(=C)CC[C@H]1O. The largest absolute Gasteiger partial charge is 0.390 e. The second-order valence-electron chi connectivity index (χ2n) is 8.69. The fourth-order valence-corrected chi connectivity index (χ4v) is 4.43. The predicted octanol–water partition coefficient (Wildman–Crippen LogP) is 3.59. The normalized spacial score (nSPS) is 37.2. The van der Waals surface area contributed by atoms with E-state index in [-0.39, 0.29) is 5.41 Å². The minimum Gasteiger partial charge on any atom is -0.390 e. The number of aliphatic hydroxyl groups excluding tert-OH is 2. The molecule has 0 bridgehead atoms. The summed E-state index contributed by atoms with van der Waals surface area (Å²) >= 11 is 0. The van der Waals surface area contributed by atoms with Gasteiger partial charge in [-0.2, -0.15) is 0 Å². The van der Waals surface area contributed by atoms with E-state index in [0.717, 1.165) is 44.1 Å². The maximum atomic E-state index is 10.1. The van der Waals surface area contributed by atoms with E-state index in [4.69, 9.17) is 0 Å². The molecule has 0 aromatic heterocycles. The van der Waals surface area contributed by atoms with Crippen LogP contribution in [0.4, 0.5) is 0 Å². The molecule has 0 aliphatic heterocycles. The Balaban J connectivity index is 2.02. The topological polar surface area (TPSA) is 60.7 Å². The van der Waals surface area contributed by atoms with Crippen LogP contribution in [-0.2, 0) is 0 Å². The molecule has 0 heterocycles. The molecule has 2 fully saturated rings. The van der Waals surface area contributed by atoms with Crippen molar-refractivity contribution in [3.05, 3.63) is 24.3 Å². The van der Waals surface area contributed by atoms with Crippen molar-refractivity contribution < 1.29 is 15.3 Å². The van der Waals surface area contributed by atoms with Gasteiger partial charge in [-0.15, -0.1) is 0 Å². The molecule has 3 nitrogen and oxygen atoms in total. The summed E-state index contributed by atoms with van der Waals surface area (Å²) in [5.74, 6) is 1.09. The molecule has 0 aromatic rings. The zero-order valence-electron chi connectivity index (χ0n) is 15.0. The molecule has 2 aliphatic carbocycles. The Hall–Kier alpha value is -0.640. The Labute approximate surface area is 141 Å². The van der Waals surface area contributed by atoms with Crippen molar-refractivity contribution in [3.63, 3.8) is 0 Å². The molecule has 23 heavy (non-hydrogen) atoms. The van der Waals surface area contributed by atoms with Crippen LogP contribution in [0.15, 0.2) is 24.3 Å². The van der Waals surface area contributed by atoms with Crippen molar-refractivity contribution in [2.75, 3.05) is 0 Å². The highest BCUT2D eigenvalue weighted by Crippen LogP contribution is 2.59. The van der Waals surface area contributed by atoms with Gasteiger partial charge in [0.05, 0.1) is 17.8 Å². The third-order valence-electron chi connectivity index (χ3n) is 6.38. The highest BCUT2D eigenvalue weighted by Gasteiger charge is 2.50. The van der Waals surface area contributed by atoms with Crippen molar-refractivity contribution >= 4 is 0 Å². The lowest BCUT2D eigenvalue weighted by molar-refractivity contribution is -0.0759. The molecule has 5 atom stereocenters. The molecule has 0 radical (unpaired) electrons. The number of fused-ring (bicyclic) bond motifs is 1. The quantitative estimate of drug-likeness (QED) is 0.693. The van der Waals surface area contributed by atoms with Crippen LogP contribution in [0.1, 0.15) is 65.7 Å². The number of hydrogen-bond donors (Lipinski definition) is 3. The minimum atomic E-state index is -1.04. The zero-order chi connectivity index (χ0) is 17.4. The third-order valence-corrected chi connectivity index (χ3v) is 6.38. The van der Waals surface area contributed by atoms with Gasteiger partial charge in [0.15, 0.2) is 0 Å². The third kappa shape index (κ3) is 4.07. The van der Waals surface area contributed by atoms with Gasteiger partial charge in [0.25, 0.3) is 0 Å². The average molecular weight is 322 g/mol. The van der Waals surface area contributed by atoms with Gasteiger partial charge in [-0.05, 0) is 81.6 Å². The van der Waals surface area contributed by atoms with Gasteiger partial charge in [-0.25, -0.2) is 0 Å². The van der Waals surface area contributed by atoms with E-state index < -0.39 is 17.8 Å². The summed E-state index contributed by atoms with van der Waals surface area (Å²) in [6.45, 7) is 13.9. The summed E-state index contributed by atoms with van der Waals surface area (Å²) in [5.41, 5.74) is 1.36. The molecule has 132 valence electrons.